The zero-order chi connectivity index (χ0) is 16.2. The fourth-order valence-electron chi connectivity index (χ4n) is 2.14. The topological polar surface area (TPSA) is 60.4 Å². The molecular weight excluding hydrogens is 358 g/mol. The van der Waals surface area contributed by atoms with Gasteiger partial charge in [-0.2, -0.15) is 0 Å². The first kappa shape index (κ1) is 15.2. The number of hydrogen-bond donors (Lipinski definition) is 0. The Labute approximate surface area is 141 Å². The van der Waals surface area contributed by atoms with E-state index in [2.05, 4.69) is 20.9 Å². The lowest BCUT2D eigenvalue weighted by Crippen LogP contribution is -1.97. The lowest BCUT2D eigenvalue weighted by atomic mass is 10.3. The van der Waals surface area contributed by atoms with Crippen molar-refractivity contribution in [2.75, 3.05) is 0 Å². The number of halogens is 1. The van der Waals surface area contributed by atoms with Crippen molar-refractivity contribution in [3.05, 3.63) is 87.1 Å². The standard InChI is InChI=1S/C17H12BrN3O2/c18-13-3-7-15(8-4-13)20-11-1-2-17(20)12-19-14-5-9-16(10-6-14)21(22)23/h1-12H. The van der Waals surface area contributed by atoms with Gasteiger partial charge >= 0.3 is 0 Å². The molecule has 0 atom stereocenters. The minimum Gasteiger partial charge on any atom is -0.316 e. The summed E-state index contributed by atoms with van der Waals surface area (Å²) >= 11 is 3.42. The average Bonchev–Trinajstić information content (AvgIpc) is 3.02. The van der Waals surface area contributed by atoms with Gasteiger partial charge in [0.05, 0.1) is 22.5 Å². The highest BCUT2D eigenvalue weighted by Gasteiger charge is 2.04. The summed E-state index contributed by atoms with van der Waals surface area (Å²) in [4.78, 5) is 14.6. The maximum atomic E-state index is 10.6. The third-order valence-corrected chi connectivity index (χ3v) is 3.82. The molecule has 2 aromatic carbocycles. The van der Waals surface area contributed by atoms with E-state index in [4.69, 9.17) is 0 Å². The second-order valence-electron chi connectivity index (χ2n) is 4.81. The molecule has 0 aliphatic carbocycles. The number of aliphatic imine (C=N–C) groups is 1. The van der Waals surface area contributed by atoms with Gasteiger partial charge < -0.3 is 4.57 Å². The molecule has 6 heteroatoms. The number of hydrogen-bond acceptors (Lipinski definition) is 3. The molecule has 3 aromatic rings. The number of benzene rings is 2. The largest absolute Gasteiger partial charge is 0.316 e. The van der Waals surface area contributed by atoms with Crippen LogP contribution in [0.1, 0.15) is 5.69 Å². The number of nitro benzene ring substituents is 1. The molecule has 0 bridgehead atoms. The number of aromatic nitrogens is 1. The molecule has 0 unspecified atom stereocenters. The van der Waals surface area contributed by atoms with E-state index >= 15 is 0 Å². The Morgan fingerprint density at radius 1 is 1.04 bits per heavy atom. The first-order valence-electron chi connectivity index (χ1n) is 6.85. The van der Waals surface area contributed by atoms with Crippen LogP contribution in [0.3, 0.4) is 0 Å². The van der Waals surface area contributed by atoms with Crippen molar-refractivity contribution < 1.29 is 4.92 Å². The number of nitrogens with zero attached hydrogens (tertiary/aromatic N) is 3. The summed E-state index contributed by atoms with van der Waals surface area (Å²) in [5.74, 6) is 0. The fraction of sp³-hybridized carbons (Fsp3) is 0. The van der Waals surface area contributed by atoms with E-state index in [0.717, 1.165) is 15.9 Å². The number of rotatable bonds is 4. The van der Waals surface area contributed by atoms with E-state index < -0.39 is 4.92 Å². The van der Waals surface area contributed by atoms with Crippen molar-refractivity contribution in [2.24, 2.45) is 4.99 Å². The lowest BCUT2D eigenvalue weighted by Gasteiger charge is -2.06. The normalized spacial score (nSPS) is 11.0. The minimum absolute atomic E-state index is 0.0576. The molecule has 0 amide bonds. The van der Waals surface area contributed by atoms with Gasteiger partial charge in [0, 0.05) is 28.5 Å². The summed E-state index contributed by atoms with van der Waals surface area (Å²) in [5, 5.41) is 10.6. The molecule has 114 valence electrons. The molecule has 0 saturated carbocycles. The smallest absolute Gasteiger partial charge is 0.269 e. The Morgan fingerprint density at radius 3 is 2.39 bits per heavy atom. The maximum Gasteiger partial charge on any atom is 0.269 e. The summed E-state index contributed by atoms with van der Waals surface area (Å²) in [6.45, 7) is 0. The van der Waals surface area contributed by atoms with Crippen LogP contribution in [0.2, 0.25) is 0 Å². The van der Waals surface area contributed by atoms with Crippen LogP contribution in [0.25, 0.3) is 5.69 Å². The van der Waals surface area contributed by atoms with Gasteiger partial charge in [-0.05, 0) is 48.5 Å². The first-order valence-corrected chi connectivity index (χ1v) is 7.64. The summed E-state index contributed by atoms with van der Waals surface area (Å²) in [6, 6.07) is 18.0. The molecule has 0 saturated heterocycles. The Balaban J connectivity index is 1.84. The van der Waals surface area contributed by atoms with Crippen molar-refractivity contribution in [2.45, 2.75) is 0 Å². The Morgan fingerprint density at radius 2 is 1.74 bits per heavy atom. The third-order valence-electron chi connectivity index (χ3n) is 3.29. The van der Waals surface area contributed by atoms with Gasteiger partial charge in [0.15, 0.2) is 0 Å². The van der Waals surface area contributed by atoms with Gasteiger partial charge in [0.25, 0.3) is 5.69 Å². The fourth-order valence-corrected chi connectivity index (χ4v) is 2.40. The van der Waals surface area contributed by atoms with Crippen molar-refractivity contribution in [3.8, 4) is 5.69 Å². The highest BCUT2D eigenvalue weighted by molar-refractivity contribution is 9.10. The van der Waals surface area contributed by atoms with Crippen LogP contribution in [0.4, 0.5) is 11.4 Å². The van der Waals surface area contributed by atoms with Crippen LogP contribution in [0, 0.1) is 10.1 Å². The van der Waals surface area contributed by atoms with Gasteiger partial charge in [-0.3, -0.25) is 15.1 Å². The molecule has 0 aliphatic heterocycles. The molecule has 0 radical (unpaired) electrons. The van der Waals surface area contributed by atoms with Crippen molar-refractivity contribution in [1.82, 2.24) is 4.57 Å². The molecule has 0 fully saturated rings. The van der Waals surface area contributed by atoms with Crippen LogP contribution < -0.4 is 0 Å². The van der Waals surface area contributed by atoms with E-state index in [-0.39, 0.29) is 5.69 Å². The highest BCUT2D eigenvalue weighted by Crippen LogP contribution is 2.19. The van der Waals surface area contributed by atoms with Gasteiger partial charge in [-0.1, -0.05) is 15.9 Å². The van der Waals surface area contributed by atoms with Crippen molar-refractivity contribution in [3.63, 3.8) is 0 Å². The molecular formula is C17H12BrN3O2. The molecule has 23 heavy (non-hydrogen) atoms. The van der Waals surface area contributed by atoms with E-state index in [9.17, 15) is 10.1 Å². The number of non-ortho nitro benzene ring substituents is 1. The van der Waals surface area contributed by atoms with Crippen LogP contribution in [-0.4, -0.2) is 15.7 Å². The van der Waals surface area contributed by atoms with E-state index in [1.54, 1.807) is 18.3 Å². The predicted molar refractivity (Wildman–Crippen MR) is 93.8 cm³/mol. The quantitative estimate of drug-likeness (QED) is 0.373. The first-order chi connectivity index (χ1) is 11.1. The van der Waals surface area contributed by atoms with Crippen LogP contribution in [0.15, 0.2) is 76.3 Å². The second-order valence-corrected chi connectivity index (χ2v) is 5.73. The third kappa shape index (κ3) is 3.54. The van der Waals surface area contributed by atoms with Crippen LogP contribution in [-0.2, 0) is 0 Å². The summed E-state index contributed by atoms with van der Waals surface area (Å²) in [6.07, 6.45) is 3.70. The van der Waals surface area contributed by atoms with Crippen LogP contribution in [0.5, 0.6) is 0 Å². The average molecular weight is 370 g/mol. The van der Waals surface area contributed by atoms with Gasteiger partial charge in [-0.25, -0.2) is 0 Å². The van der Waals surface area contributed by atoms with E-state index in [0.29, 0.717) is 5.69 Å². The Hall–Kier alpha value is -2.73. The summed E-state index contributed by atoms with van der Waals surface area (Å²) < 4.78 is 3.04. The van der Waals surface area contributed by atoms with Gasteiger partial charge in [0.1, 0.15) is 0 Å². The zero-order valence-electron chi connectivity index (χ0n) is 12.0. The maximum absolute atomic E-state index is 10.6. The SMILES string of the molecule is O=[N+]([O-])c1ccc(N=Cc2cccn2-c2ccc(Br)cc2)cc1. The highest BCUT2D eigenvalue weighted by atomic mass is 79.9. The minimum atomic E-state index is -0.424. The molecule has 0 spiro atoms. The predicted octanol–water partition coefficient (Wildman–Crippen LogP) is 4.90. The van der Waals surface area contributed by atoms with Gasteiger partial charge in [0.2, 0.25) is 0 Å². The molecule has 1 aromatic heterocycles. The van der Waals surface area contributed by atoms with E-state index in [1.807, 2.05) is 47.2 Å². The monoisotopic (exact) mass is 369 g/mol. The second kappa shape index (κ2) is 6.58. The number of nitro groups is 1. The Bertz CT molecular complexity index is 852. The molecule has 3 rings (SSSR count). The lowest BCUT2D eigenvalue weighted by molar-refractivity contribution is -0.384. The zero-order valence-corrected chi connectivity index (χ0v) is 13.6. The van der Waals surface area contributed by atoms with Crippen molar-refractivity contribution >= 4 is 33.5 Å². The summed E-state index contributed by atoms with van der Waals surface area (Å²) in [5.41, 5.74) is 2.68. The van der Waals surface area contributed by atoms with Crippen LogP contribution >= 0.6 is 15.9 Å². The van der Waals surface area contributed by atoms with E-state index in [1.165, 1.54) is 12.1 Å². The molecule has 5 nitrogen and oxygen atoms in total. The Kier molecular flexibility index (Phi) is 4.34. The van der Waals surface area contributed by atoms with Gasteiger partial charge in [-0.15, -0.1) is 0 Å². The summed E-state index contributed by atoms with van der Waals surface area (Å²) in [7, 11) is 0. The molecule has 0 aliphatic rings. The molecule has 0 N–H and O–H groups in total. The van der Waals surface area contributed by atoms with Crippen molar-refractivity contribution in [1.29, 1.82) is 0 Å². The molecule has 1 heterocycles.